The van der Waals surface area contributed by atoms with E-state index < -0.39 is 0 Å². The third kappa shape index (κ3) is 2.81. The van der Waals surface area contributed by atoms with Gasteiger partial charge in [-0.25, -0.2) is 0 Å². The summed E-state index contributed by atoms with van der Waals surface area (Å²) in [4.78, 5) is 11.4. The topological polar surface area (TPSA) is 26.3 Å². The van der Waals surface area contributed by atoms with E-state index in [9.17, 15) is 4.79 Å². The molecule has 0 aliphatic heterocycles. The molecule has 0 aromatic rings. The third-order valence-electron chi connectivity index (χ3n) is 3.38. The van der Waals surface area contributed by atoms with Crippen LogP contribution in [0.5, 0.6) is 0 Å². The normalized spacial score (nSPS) is 32.9. The Bertz CT molecular complexity index is 208. The minimum atomic E-state index is 0.336. The molecule has 2 saturated carbocycles. The van der Waals surface area contributed by atoms with Crippen LogP contribution in [0.2, 0.25) is 0 Å². The van der Waals surface area contributed by atoms with Crippen molar-refractivity contribution in [3.05, 3.63) is 0 Å². The van der Waals surface area contributed by atoms with E-state index in [1.807, 2.05) is 0 Å². The van der Waals surface area contributed by atoms with Crippen LogP contribution in [0, 0.1) is 11.8 Å². The number of Topliss-reactive ketones (excluding diaryl/α,β-unsaturated/α-hetero) is 1. The SMILES string of the molecule is CC1CCCC(OCC(=O)C2CC2)C1. The van der Waals surface area contributed by atoms with Gasteiger partial charge in [0.25, 0.3) is 0 Å². The molecule has 0 aromatic carbocycles. The fourth-order valence-corrected chi connectivity index (χ4v) is 2.25. The summed E-state index contributed by atoms with van der Waals surface area (Å²) in [6, 6.07) is 0. The molecule has 0 bridgehead atoms. The van der Waals surface area contributed by atoms with Crippen molar-refractivity contribution < 1.29 is 9.53 Å². The fraction of sp³-hybridized carbons (Fsp3) is 0.917. The Labute approximate surface area is 86.0 Å². The number of rotatable bonds is 4. The van der Waals surface area contributed by atoms with Crippen LogP contribution in [-0.2, 0) is 9.53 Å². The van der Waals surface area contributed by atoms with E-state index in [4.69, 9.17) is 4.74 Å². The van der Waals surface area contributed by atoms with Crippen LogP contribution in [0.4, 0.5) is 0 Å². The van der Waals surface area contributed by atoms with E-state index in [-0.39, 0.29) is 0 Å². The highest BCUT2D eigenvalue weighted by molar-refractivity contribution is 5.84. The average Bonchev–Trinajstić information content (AvgIpc) is 2.97. The van der Waals surface area contributed by atoms with E-state index in [0.717, 1.165) is 31.6 Å². The Kier molecular flexibility index (Phi) is 3.22. The second kappa shape index (κ2) is 4.43. The number of ketones is 1. The zero-order valence-electron chi connectivity index (χ0n) is 9.00. The minimum Gasteiger partial charge on any atom is -0.370 e. The van der Waals surface area contributed by atoms with E-state index in [2.05, 4.69) is 6.92 Å². The van der Waals surface area contributed by atoms with Gasteiger partial charge < -0.3 is 4.74 Å². The van der Waals surface area contributed by atoms with Crippen molar-refractivity contribution in [3.8, 4) is 0 Å². The molecular weight excluding hydrogens is 176 g/mol. The molecule has 2 aliphatic carbocycles. The van der Waals surface area contributed by atoms with Gasteiger partial charge in [0.05, 0.1) is 6.10 Å². The van der Waals surface area contributed by atoms with Gasteiger partial charge in [-0.3, -0.25) is 4.79 Å². The van der Waals surface area contributed by atoms with Crippen molar-refractivity contribution in [1.29, 1.82) is 0 Å². The molecule has 0 N–H and O–H groups in total. The van der Waals surface area contributed by atoms with Crippen LogP contribution >= 0.6 is 0 Å². The molecule has 80 valence electrons. The molecule has 0 saturated heterocycles. The Hall–Kier alpha value is -0.370. The molecule has 2 aliphatic rings. The summed E-state index contributed by atoms with van der Waals surface area (Å²) in [6.07, 6.45) is 7.47. The van der Waals surface area contributed by atoms with Gasteiger partial charge in [0, 0.05) is 5.92 Å². The summed E-state index contributed by atoms with van der Waals surface area (Å²) >= 11 is 0. The predicted molar refractivity (Wildman–Crippen MR) is 55.1 cm³/mol. The molecule has 2 atom stereocenters. The van der Waals surface area contributed by atoms with Crippen molar-refractivity contribution in [1.82, 2.24) is 0 Å². The maximum Gasteiger partial charge on any atom is 0.161 e. The van der Waals surface area contributed by atoms with Gasteiger partial charge in [0.1, 0.15) is 6.61 Å². The summed E-state index contributed by atoms with van der Waals surface area (Å²) < 4.78 is 5.67. The van der Waals surface area contributed by atoms with Crippen LogP contribution in [-0.4, -0.2) is 18.5 Å². The first-order valence-electron chi connectivity index (χ1n) is 5.90. The quantitative estimate of drug-likeness (QED) is 0.690. The lowest BCUT2D eigenvalue weighted by Gasteiger charge is -2.26. The van der Waals surface area contributed by atoms with Crippen LogP contribution in [0.25, 0.3) is 0 Å². The minimum absolute atomic E-state index is 0.336. The van der Waals surface area contributed by atoms with E-state index in [1.165, 1.54) is 12.8 Å². The second-order valence-electron chi connectivity index (χ2n) is 4.95. The summed E-state index contributed by atoms with van der Waals surface area (Å²) in [5.74, 6) is 1.48. The number of carbonyl (C=O) groups excluding carboxylic acids is 1. The van der Waals surface area contributed by atoms with Gasteiger partial charge in [-0.2, -0.15) is 0 Å². The van der Waals surface area contributed by atoms with Crippen LogP contribution < -0.4 is 0 Å². The molecular formula is C12H20O2. The molecule has 0 aromatic heterocycles. The zero-order chi connectivity index (χ0) is 9.97. The molecule has 2 fully saturated rings. The van der Waals surface area contributed by atoms with Gasteiger partial charge >= 0.3 is 0 Å². The van der Waals surface area contributed by atoms with Gasteiger partial charge in [-0.05, 0) is 31.6 Å². The lowest BCUT2D eigenvalue weighted by atomic mass is 9.89. The van der Waals surface area contributed by atoms with Crippen LogP contribution in [0.15, 0.2) is 0 Å². The van der Waals surface area contributed by atoms with Crippen molar-refractivity contribution in [2.24, 2.45) is 11.8 Å². The summed E-state index contributed by atoms with van der Waals surface area (Å²) in [5, 5.41) is 0. The highest BCUT2D eigenvalue weighted by atomic mass is 16.5. The van der Waals surface area contributed by atoms with Crippen molar-refractivity contribution in [2.45, 2.75) is 51.6 Å². The van der Waals surface area contributed by atoms with Crippen LogP contribution in [0.1, 0.15) is 45.4 Å². The number of ether oxygens (including phenoxy) is 1. The fourth-order valence-electron chi connectivity index (χ4n) is 2.25. The number of hydrogen-bond donors (Lipinski definition) is 0. The summed E-state index contributed by atoms with van der Waals surface area (Å²) in [5.41, 5.74) is 0. The van der Waals surface area contributed by atoms with E-state index >= 15 is 0 Å². The third-order valence-corrected chi connectivity index (χ3v) is 3.38. The van der Waals surface area contributed by atoms with Crippen molar-refractivity contribution in [3.63, 3.8) is 0 Å². The van der Waals surface area contributed by atoms with Crippen molar-refractivity contribution >= 4 is 5.78 Å². The van der Waals surface area contributed by atoms with Gasteiger partial charge in [-0.1, -0.05) is 19.8 Å². The Morgan fingerprint density at radius 2 is 2.07 bits per heavy atom. The second-order valence-corrected chi connectivity index (χ2v) is 4.95. The largest absolute Gasteiger partial charge is 0.370 e. The standard InChI is InChI=1S/C12H20O2/c1-9-3-2-4-11(7-9)14-8-12(13)10-5-6-10/h9-11H,2-8H2,1H3. The summed E-state index contributed by atoms with van der Waals surface area (Å²) in [7, 11) is 0. The van der Waals surface area contributed by atoms with E-state index in [1.54, 1.807) is 0 Å². The van der Waals surface area contributed by atoms with Gasteiger partial charge in [0.15, 0.2) is 5.78 Å². The number of hydrogen-bond acceptors (Lipinski definition) is 2. The first-order chi connectivity index (χ1) is 6.75. The zero-order valence-corrected chi connectivity index (χ0v) is 9.00. The maximum atomic E-state index is 11.4. The Morgan fingerprint density at radius 1 is 1.29 bits per heavy atom. The highest BCUT2D eigenvalue weighted by Crippen LogP contribution is 2.31. The smallest absolute Gasteiger partial charge is 0.161 e. The van der Waals surface area contributed by atoms with Gasteiger partial charge in [0.2, 0.25) is 0 Å². The summed E-state index contributed by atoms with van der Waals surface area (Å²) in [6.45, 7) is 2.65. The first-order valence-corrected chi connectivity index (χ1v) is 5.90. The molecule has 0 amide bonds. The molecule has 2 unspecified atom stereocenters. The highest BCUT2D eigenvalue weighted by Gasteiger charge is 2.30. The lowest BCUT2D eigenvalue weighted by molar-refractivity contribution is -0.127. The maximum absolute atomic E-state index is 11.4. The molecule has 0 spiro atoms. The molecule has 14 heavy (non-hydrogen) atoms. The van der Waals surface area contributed by atoms with Crippen LogP contribution in [0.3, 0.4) is 0 Å². The van der Waals surface area contributed by atoms with Crippen molar-refractivity contribution in [2.75, 3.05) is 6.61 Å². The Morgan fingerprint density at radius 3 is 2.71 bits per heavy atom. The molecule has 2 nitrogen and oxygen atoms in total. The molecule has 0 heterocycles. The average molecular weight is 196 g/mol. The van der Waals surface area contributed by atoms with Gasteiger partial charge in [-0.15, -0.1) is 0 Å². The predicted octanol–water partition coefficient (Wildman–Crippen LogP) is 2.56. The Balaban J connectivity index is 1.66. The molecule has 0 radical (unpaired) electrons. The molecule has 2 heteroatoms. The number of carbonyl (C=O) groups is 1. The molecule has 2 rings (SSSR count). The van der Waals surface area contributed by atoms with E-state index in [0.29, 0.717) is 24.4 Å². The monoisotopic (exact) mass is 196 g/mol. The first kappa shape index (κ1) is 10.2. The lowest BCUT2D eigenvalue weighted by Crippen LogP contribution is -2.24.